The fourth-order valence-electron chi connectivity index (χ4n) is 4.15. The number of carbonyl (C=O) groups excluding carboxylic acids is 4. The second kappa shape index (κ2) is 12.1. The third kappa shape index (κ3) is 7.13. The van der Waals surface area contributed by atoms with E-state index in [0.717, 1.165) is 17.7 Å². The first-order chi connectivity index (χ1) is 19.1. The van der Waals surface area contributed by atoms with Crippen LogP contribution in [0.4, 0.5) is 35.5 Å². The number of hydrogen-bond donors (Lipinski definition) is 2. The van der Waals surface area contributed by atoms with Gasteiger partial charge in [0.1, 0.15) is 12.6 Å². The molecule has 0 bridgehead atoms. The highest BCUT2D eigenvalue weighted by molar-refractivity contribution is 6.00. The van der Waals surface area contributed by atoms with Crippen LogP contribution in [0.3, 0.4) is 0 Å². The quantitative estimate of drug-likeness (QED) is 0.255. The van der Waals surface area contributed by atoms with Gasteiger partial charge in [0, 0.05) is 25.1 Å². The van der Waals surface area contributed by atoms with E-state index in [1.165, 1.54) is 4.90 Å². The number of imide groups is 1. The van der Waals surface area contributed by atoms with Crippen molar-refractivity contribution >= 4 is 24.3 Å². The minimum atomic E-state index is -6.23. The molecule has 2 aromatic rings. The van der Waals surface area contributed by atoms with Gasteiger partial charge in [0.15, 0.2) is 0 Å². The van der Waals surface area contributed by atoms with Crippen molar-refractivity contribution in [3.8, 4) is 0 Å². The highest BCUT2D eigenvalue weighted by Crippen LogP contribution is 2.53. The van der Waals surface area contributed by atoms with Crippen LogP contribution >= 0.6 is 0 Å². The van der Waals surface area contributed by atoms with Crippen LogP contribution in [0.2, 0.25) is 0 Å². The van der Waals surface area contributed by atoms with Crippen molar-refractivity contribution in [3.63, 3.8) is 0 Å². The number of nitrogens with zero attached hydrogens (tertiary/aromatic N) is 1. The summed E-state index contributed by atoms with van der Waals surface area (Å²) in [6.45, 7) is 1.33. The van der Waals surface area contributed by atoms with E-state index in [1.807, 2.05) is 0 Å². The lowest BCUT2D eigenvalue weighted by Gasteiger charge is -2.30. The fraction of sp³-hybridized carbons (Fsp3) is 0.385. The van der Waals surface area contributed by atoms with Gasteiger partial charge in [0.25, 0.3) is 0 Å². The van der Waals surface area contributed by atoms with Gasteiger partial charge >= 0.3 is 24.1 Å². The molecule has 1 saturated heterocycles. The second-order valence-electron chi connectivity index (χ2n) is 9.29. The number of amides is 4. The smallest absolute Gasteiger partial charge is 0.435 e. The summed E-state index contributed by atoms with van der Waals surface area (Å²) in [5, 5.41) is 4.63. The van der Waals surface area contributed by atoms with Gasteiger partial charge in [0.2, 0.25) is 18.2 Å². The number of halogens is 7. The van der Waals surface area contributed by atoms with Crippen LogP contribution in [0.25, 0.3) is 0 Å². The van der Waals surface area contributed by atoms with Crippen molar-refractivity contribution in [2.75, 3.05) is 0 Å². The van der Waals surface area contributed by atoms with Crippen LogP contribution in [0, 0.1) is 6.92 Å². The standard InChI is InChI=1S/C26H24F7N3O5/c1-15-10-17(2-5-18(15)12-36(14-37)20-8-9-21(38)35-22(20)39)11-34-23(40)41-13-16-3-6-19(7-4-16)24(27,25(28,29)30)26(31,32)33/h2-7,10,14,20H,8-9,11-13H2,1H3,(H,34,40)(H,35,38,39). The van der Waals surface area contributed by atoms with Crippen molar-refractivity contribution in [2.45, 2.75) is 63.5 Å². The molecule has 2 aromatic carbocycles. The molecular formula is C26H24F7N3O5. The van der Waals surface area contributed by atoms with Crippen LogP contribution in [-0.2, 0) is 44.5 Å². The van der Waals surface area contributed by atoms with Gasteiger partial charge < -0.3 is 15.0 Å². The Labute approximate surface area is 228 Å². The minimum absolute atomic E-state index is 0.00896. The number of alkyl carbamates (subject to hydrolysis) is 1. The topological polar surface area (TPSA) is 105 Å². The number of hydrogen-bond acceptors (Lipinski definition) is 5. The van der Waals surface area contributed by atoms with Crippen molar-refractivity contribution < 1.29 is 54.6 Å². The SMILES string of the molecule is Cc1cc(CNC(=O)OCc2ccc(C(F)(C(F)(F)F)C(F)(F)F)cc2)ccc1CN(C=O)C1CCC(=O)NC1=O. The summed E-state index contributed by atoms with van der Waals surface area (Å²) in [6.07, 6.45) is -12.6. The molecule has 8 nitrogen and oxygen atoms in total. The predicted octanol–water partition coefficient (Wildman–Crippen LogP) is 4.47. The maximum atomic E-state index is 14.1. The summed E-state index contributed by atoms with van der Waals surface area (Å²) in [5.74, 6) is -0.962. The number of piperidine rings is 1. The Morgan fingerprint density at radius 3 is 2.17 bits per heavy atom. The number of benzene rings is 2. The number of alkyl halides is 7. The van der Waals surface area contributed by atoms with Gasteiger partial charge in [-0.3, -0.25) is 19.7 Å². The Hall–Kier alpha value is -4.17. The highest BCUT2D eigenvalue weighted by Gasteiger charge is 2.73. The summed E-state index contributed by atoms with van der Waals surface area (Å²) < 4.78 is 96.3. The molecule has 1 atom stereocenters. The van der Waals surface area contributed by atoms with Crippen LogP contribution in [0.5, 0.6) is 0 Å². The van der Waals surface area contributed by atoms with Crippen LogP contribution in [0.15, 0.2) is 42.5 Å². The van der Waals surface area contributed by atoms with Crippen LogP contribution in [0.1, 0.15) is 40.7 Å². The largest absolute Gasteiger partial charge is 0.445 e. The summed E-state index contributed by atoms with van der Waals surface area (Å²) >= 11 is 0. The average molecular weight is 591 g/mol. The van der Waals surface area contributed by atoms with E-state index in [-0.39, 0.29) is 31.5 Å². The monoisotopic (exact) mass is 591 g/mol. The summed E-state index contributed by atoms with van der Waals surface area (Å²) in [6, 6.07) is 6.49. The number of rotatable bonds is 9. The Bertz CT molecular complexity index is 1280. The number of aryl methyl sites for hydroxylation is 1. The second-order valence-corrected chi connectivity index (χ2v) is 9.29. The molecule has 41 heavy (non-hydrogen) atoms. The molecule has 4 amide bonds. The van der Waals surface area contributed by atoms with E-state index in [2.05, 4.69) is 10.6 Å². The van der Waals surface area contributed by atoms with E-state index in [1.54, 1.807) is 25.1 Å². The van der Waals surface area contributed by atoms with Gasteiger partial charge in [0.05, 0.1) is 0 Å². The number of carbonyl (C=O) groups is 4. The predicted molar refractivity (Wildman–Crippen MR) is 127 cm³/mol. The maximum Gasteiger partial charge on any atom is 0.435 e. The molecular weight excluding hydrogens is 567 g/mol. The summed E-state index contributed by atoms with van der Waals surface area (Å²) in [4.78, 5) is 48.3. The number of nitrogens with one attached hydrogen (secondary N) is 2. The first-order valence-electron chi connectivity index (χ1n) is 12.0. The Morgan fingerprint density at radius 2 is 1.63 bits per heavy atom. The molecule has 1 aliphatic heterocycles. The molecule has 2 N–H and O–H groups in total. The zero-order valence-corrected chi connectivity index (χ0v) is 21.4. The molecule has 15 heteroatoms. The first kappa shape index (κ1) is 31.4. The molecule has 3 rings (SSSR count). The summed E-state index contributed by atoms with van der Waals surface area (Å²) in [5.41, 5.74) is -5.11. The van der Waals surface area contributed by atoms with E-state index in [4.69, 9.17) is 4.74 Å². The van der Waals surface area contributed by atoms with Gasteiger partial charge in [-0.25, -0.2) is 9.18 Å². The molecule has 0 spiro atoms. The molecule has 0 aliphatic carbocycles. The molecule has 1 aliphatic rings. The van der Waals surface area contributed by atoms with Crippen molar-refractivity contribution in [3.05, 3.63) is 70.3 Å². The Kier molecular flexibility index (Phi) is 9.29. The third-order valence-corrected chi connectivity index (χ3v) is 6.45. The van der Waals surface area contributed by atoms with Gasteiger partial charge in [-0.15, -0.1) is 0 Å². The Morgan fingerprint density at radius 1 is 1.02 bits per heavy atom. The van der Waals surface area contributed by atoms with Crippen LogP contribution in [-0.4, -0.2) is 47.6 Å². The first-order valence-corrected chi connectivity index (χ1v) is 12.0. The lowest BCUT2D eigenvalue weighted by molar-refractivity contribution is -0.348. The van der Waals surface area contributed by atoms with E-state index in [0.29, 0.717) is 29.7 Å². The van der Waals surface area contributed by atoms with E-state index < -0.39 is 54.1 Å². The fourth-order valence-corrected chi connectivity index (χ4v) is 4.15. The molecule has 222 valence electrons. The van der Waals surface area contributed by atoms with Crippen molar-refractivity contribution in [1.82, 2.24) is 15.5 Å². The van der Waals surface area contributed by atoms with Crippen molar-refractivity contribution in [1.29, 1.82) is 0 Å². The zero-order valence-electron chi connectivity index (χ0n) is 21.4. The van der Waals surface area contributed by atoms with Crippen LogP contribution < -0.4 is 10.6 Å². The minimum Gasteiger partial charge on any atom is -0.445 e. The van der Waals surface area contributed by atoms with E-state index in [9.17, 15) is 49.9 Å². The van der Waals surface area contributed by atoms with Gasteiger partial charge in [-0.05, 0) is 35.6 Å². The molecule has 1 fully saturated rings. The summed E-state index contributed by atoms with van der Waals surface area (Å²) in [7, 11) is 0. The highest BCUT2D eigenvalue weighted by atomic mass is 19.4. The molecule has 0 radical (unpaired) electrons. The zero-order chi connectivity index (χ0) is 30.6. The Balaban J connectivity index is 1.54. The van der Waals surface area contributed by atoms with Gasteiger partial charge in [-0.1, -0.05) is 42.5 Å². The average Bonchev–Trinajstić information content (AvgIpc) is 2.89. The molecule has 1 heterocycles. The van der Waals surface area contributed by atoms with Gasteiger partial charge in [-0.2, -0.15) is 26.3 Å². The normalized spacial score (nSPS) is 16.1. The lowest BCUT2D eigenvalue weighted by atomic mass is 9.93. The third-order valence-electron chi connectivity index (χ3n) is 6.45. The molecule has 0 saturated carbocycles. The number of ether oxygens (including phenoxy) is 1. The molecule has 0 aromatic heterocycles. The maximum absolute atomic E-state index is 14.1. The van der Waals surface area contributed by atoms with E-state index >= 15 is 0 Å². The molecule has 1 unspecified atom stereocenters. The lowest BCUT2D eigenvalue weighted by Crippen LogP contribution is -2.51. The van der Waals surface area contributed by atoms with Crippen molar-refractivity contribution in [2.24, 2.45) is 0 Å².